The van der Waals surface area contributed by atoms with Crippen molar-refractivity contribution in [3.05, 3.63) is 59.7 Å². The molecule has 3 rings (SSSR count). The van der Waals surface area contributed by atoms with E-state index in [4.69, 9.17) is 21.7 Å². The van der Waals surface area contributed by atoms with Crippen LogP contribution in [0.2, 0.25) is 0 Å². The van der Waals surface area contributed by atoms with Gasteiger partial charge in [0.25, 0.3) is 11.8 Å². The number of rotatable bonds is 8. The summed E-state index contributed by atoms with van der Waals surface area (Å²) >= 11 is 5.33. The summed E-state index contributed by atoms with van der Waals surface area (Å²) in [4.78, 5) is 29.6. The van der Waals surface area contributed by atoms with Gasteiger partial charge in [-0.2, -0.15) is 0 Å². The van der Waals surface area contributed by atoms with E-state index < -0.39 is 0 Å². The molecular formula is C24H30N4O4S. The van der Waals surface area contributed by atoms with Crippen molar-refractivity contribution in [3.8, 4) is 5.75 Å². The first-order chi connectivity index (χ1) is 16.0. The number of amides is 2. The van der Waals surface area contributed by atoms with Crippen molar-refractivity contribution >= 4 is 34.8 Å². The van der Waals surface area contributed by atoms with Gasteiger partial charge in [-0.15, -0.1) is 0 Å². The summed E-state index contributed by atoms with van der Waals surface area (Å²) in [5.41, 5.74) is 1.52. The molecule has 176 valence electrons. The van der Waals surface area contributed by atoms with E-state index in [1.165, 1.54) is 0 Å². The Morgan fingerprint density at radius 3 is 2.39 bits per heavy atom. The summed E-state index contributed by atoms with van der Waals surface area (Å²) < 4.78 is 10.8. The number of para-hydroxylation sites is 1. The van der Waals surface area contributed by atoms with Gasteiger partial charge in [0, 0.05) is 38.3 Å². The van der Waals surface area contributed by atoms with E-state index in [1.807, 2.05) is 31.0 Å². The summed E-state index contributed by atoms with van der Waals surface area (Å²) in [6.45, 7) is 6.56. The zero-order chi connectivity index (χ0) is 23.6. The summed E-state index contributed by atoms with van der Waals surface area (Å²) in [7, 11) is 2.04. The Morgan fingerprint density at radius 1 is 1.00 bits per heavy atom. The zero-order valence-corrected chi connectivity index (χ0v) is 19.8. The lowest BCUT2D eigenvalue weighted by Crippen LogP contribution is -2.47. The number of hydrogen-bond acceptors (Lipinski definition) is 6. The van der Waals surface area contributed by atoms with Crippen LogP contribution in [0, 0.1) is 0 Å². The zero-order valence-electron chi connectivity index (χ0n) is 19.0. The second-order valence-electron chi connectivity index (χ2n) is 7.62. The maximum atomic E-state index is 13.0. The van der Waals surface area contributed by atoms with Gasteiger partial charge in [0.2, 0.25) is 0 Å². The van der Waals surface area contributed by atoms with Gasteiger partial charge >= 0.3 is 0 Å². The summed E-state index contributed by atoms with van der Waals surface area (Å²) in [5, 5.41) is 5.78. The van der Waals surface area contributed by atoms with Gasteiger partial charge in [-0.3, -0.25) is 14.9 Å². The van der Waals surface area contributed by atoms with Crippen LogP contribution in [-0.2, 0) is 4.74 Å². The molecule has 8 nitrogen and oxygen atoms in total. The summed E-state index contributed by atoms with van der Waals surface area (Å²) in [6.07, 6.45) is 0. The van der Waals surface area contributed by atoms with Crippen LogP contribution < -0.4 is 15.4 Å². The van der Waals surface area contributed by atoms with Crippen LogP contribution in [0.15, 0.2) is 48.5 Å². The van der Waals surface area contributed by atoms with E-state index in [-0.39, 0.29) is 16.9 Å². The molecule has 1 fully saturated rings. The van der Waals surface area contributed by atoms with Crippen LogP contribution in [0.4, 0.5) is 5.69 Å². The molecule has 1 heterocycles. The average molecular weight is 471 g/mol. The van der Waals surface area contributed by atoms with Crippen LogP contribution in [0.1, 0.15) is 27.6 Å². The van der Waals surface area contributed by atoms with Gasteiger partial charge in [0.1, 0.15) is 12.4 Å². The monoisotopic (exact) mass is 470 g/mol. The topological polar surface area (TPSA) is 83.1 Å². The van der Waals surface area contributed by atoms with Crippen molar-refractivity contribution in [1.82, 2.24) is 15.1 Å². The van der Waals surface area contributed by atoms with Crippen molar-refractivity contribution in [2.75, 3.05) is 58.4 Å². The van der Waals surface area contributed by atoms with Crippen LogP contribution in [0.5, 0.6) is 5.75 Å². The van der Waals surface area contributed by atoms with E-state index in [0.29, 0.717) is 55.5 Å². The highest BCUT2D eigenvalue weighted by atomic mass is 32.1. The van der Waals surface area contributed by atoms with Crippen molar-refractivity contribution < 1.29 is 19.1 Å². The number of carbonyl (C=O) groups excluding carboxylic acids is 2. The Bertz CT molecular complexity index is 959. The molecule has 0 aliphatic carbocycles. The van der Waals surface area contributed by atoms with Gasteiger partial charge in [-0.25, -0.2) is 0 Å². The van der Waals surface area contributed by atoms with Gasteiger partial charge < -0.3 is 24.6 Å². The van der Waals surface area contributed by atoms with Crippen LogP contribution in [-0.4, -0.2) is 79.8 Å². The Morgan fingerprint density at radius 2 is 1.70 bits per heavy atom. The smallest absolute Gasteiger partial charge is 0.257 e. The Labute approximate surface area is 199 Å². The van der Waals surface area contributed by atoms with E-state index in [1.54, 1.807) is 36.4 Å². The predicted molar refractivity (Wildman–Crippen MR) is 132 cm³/mol. The SMILES string of the molecule is CCOCCOc1ccc(C(=O)NC(=S)Nc2ccccc2C(=O)N2CCN(C)CC2)cc1. The standard InChI is InChI=1S/C24H30N4O4S/c1-3-31-16-17-32-19-10-8-18(9-11-19)22(29)26-24(33)25-21-7-5-4-6-20(21)23(30)28-14-12-27(2)13-15-28/h4-11H,3,12-17H2,1-2H3,(H2,25,26,29,33). The number of thiocarbonyl (C=S) groups is 1. The minimum absolute atomic E-state index is 0.0553. The van der Waals surface area contributed by atoms with E-state index in [2.05, 4.69) is 15.5 Å². The number of nitrogens with zero attached hydrogens (tertiary/aromatic N) is 2. The number of carbonyl (C=O) groups is 2. The maximum Gasteiger partial charge on any atom is 0.257 e. The first-order valence-electron chi connectivity index (χ1n) is 11.0. The fourth-order valence-electron chi connectivity index (χ4n) is 3.35. The molecule has 0 bridgehead atoms. The first kappa shape index (κ1) is 24.6. The average Bonchev–Trinajstić information content (AvgIpc) is 2.82. The van der Waals surface area contributed by atoms with Crippen LogP contribution in [0.25, 0.3) is 0 Å². The highest BCUT2D eigenvalue weighted by Gasteiger charge is 2.22. The molecular weight excluding hydrogens is 440 g/mol. The second-order valence-corrected chi connectivity index (χ2v) is 8.03. The van der Waals surface area contributed by atoms with Crippen molar-refractivity contribution in [2.24, 2.45) is 0 Å². The molecule has 2 aromatic carbocycles. The third kappa shape index (κ3) is 7.24. The van der Waals surface area contributed by atoms with E-state index in [9.17, 15) is 9.59 Å². The Kier molecular flexibility index (Phi) is 9.17. The minimum atomic E-state index is -0.351. The summed E-state index contributed by atoms with van der Waals surface area (Å²) in [6, 6.07) is 13.9. The second kappa shape index (κ2) is 12.3. The molecule has 2 amide bonds. The lowest BCUT2D eigenvalue weighted by Gasteiger charge is -2.32. The predicted octanol–water partition coefficient (Wildman–Crippen LogP) is 2.62. The molecule has 1 aliphatic rings. The quantitative estimate of drug-likeness (QED) is 0.453. The first-order valence-corrected chi connectivity index (χ1v) is 11.4. The van der Waals surface area contributed by atoms with Gasteiger partial charge in [0.05, 0.1) is 17.9 Å². The highest BCUT2D eigenvalue weighted by molar-refractivity contribution is 7.80. The number of ether oxygens (including phenoxy) is 2. The molecule has 0 spiro atoms. The molecule has 0 radical (unpaired) electrons. The van der Waals surface area contributed by atoms with E-state index in [0.717, 1.165) is 13.1 Å². The highest BCUT2D eigenvalue weighted by Crippen LogP contribution is 2.18. The molecule has 2 aromatic rings. The van der Waals surface area contributed by atoms with E-state index >= 15 is 0 Å². The molecule has 0 atom stereocenters. The third-order valence-corrected chi connectivity index (χ3v) is 5.44. The number of likely N-dealkylation sites (N-methyl/N-ethyl adjacent to an activating group) is 1. The fraction of sp³-hybridized carbons (Fsp3) is 0.375. The lowest BCUT2D eigenvalue weighted by molar-refractivity contribution is 0.0665. The third-order valence-electron chi connectivity index (χ3n) is 5.24. The Balaban J connectivity index is 1.56. The molecule has 2 N–H and O–H groups in total. The molecule has 9 heteroatoms. The van der Waals surface area contributed by atoms with Crippen LogP contribution in [0.3, 0.4) is 0 Å². The molecule has 1 saturated heterocycles. The summed E-state index contributed by atoms with van der Waals surface area (Å²) in [5.74, 6) is 0.250. The van der Waals surface area contributed by atoms with Gasteiger partial charge in [0.15, 0.2) is 5.11 Å². The molecule has 0 aromatic heterocycles. The van der Waals surface area contributed by atoms with Crippen molar-refractivity contribution in [1.29, 1.82) is 0 Å². The number of benzene rings is 2. The maximum absolute atomic E-state index is 13.0. The minimum Gasteiger partial charge on any atom is -0.491 e. The molecule has 0 saturated carbocycles. The van der Waals surface area contributed by atoms with Gasteiger partial charge in [-0.05, 0) is 62.6 Å². The molecule has 1 aliphatic heterocycles. The Hall–Kier alpha value is -3.01. The van der Waals surface area contributed by atoms with Gasteiger partial charge in [-0.1, -0.05) is 12.1 Å². The number of anilines is 1. The van der Waals surface area contributed by atoms with Crippen LogP contribution >= 0.6 is 12.2 Å². The molecule has 0 unspecified atom stereocenters. The number of hydrogen-bond donors (Lipinski definition) is 2. The fourth-order valence-corrected chi connectivity index (χ4v) is 3.56. The largest absolute Gasteiger partial charge is 0.491 e. The van der Waals surface area contributed by atoms with Crippen molar-refractivity contribution in [2.45, 2.75) is 6.92 Å². The number of nitrogens with one attached hydrogen (secondary N) is 2. The van der Waals surface area contributed by atoms with Crippen molar-refractivity contribution in [3.63, 3.8) is 0 Å². The lowest BCUT2D eigenvalue weighted by atomic mass is 10.1. The number of piperazine rings is 1. The molecule has 33 heavy (non-hydrogen) atoms. The normalized spacial score (nSPS) is 13.9.